The van der Waals surface area contributed by atoms with E-state index in [9.17, 15) is 0 Å². The molecule has 1 aromatic heterocycles. The molecule has 3 heteroatoms. The second-order valence-electron chi connectivity index (χ2n) is 5.83. The predicted molar refractivity (Wildman–Crippen MR) is 82.0 cm³/mol. The van der Waals surface area contributed by atoms with Gasteiger partial charge in [0.2, 0.25) is 0 Å². The zero-order valence-corrected chi connectivity index (χ0v) is 12.2. The van der Waals surface area contributed by atoms with E-state index < -0.39 is 0 Å². The van der Waals surface area contributed by atoms with Gasteiger partial charge in [-0.1, -0.05) is 13.0 Å². The second kappa shape index (κ2) is 5.80. The molecule has 0 aliphatic heterocycles. The Bertz CT molecular complexity index is 584. The molecular weight excluding hydrogens is 248 g/mol. The maximum atomic E-state index is 6.23. The van der Waals surface area contributed by atoms with Crippen LogP contribution >= 0.6 is 0 Å². The van der Waals surface area contributed by atoms with E-state index in [0.717, 1.165) is 29.0 Å². The molecule has 3 nitrogen and oxygen atoms in total. The average Bonchev–Trinajstić information content (AvgIpc) is 2.47. The fourth-order valence-corrected chi connectivity index (χ4v) is 3.08. The minimum absolute atomic E-state index is 0.255. The minimum Gasteiger partial charge on any atom is -0.489 e. The van der Waals surface area contributed by atoms with Crippen molar-refractivity contribution in [1.29, 1.82) is 0 Å². The minimum atomic E-state index is 0.255. The highest BCUT2D eigenvalue weighted by Gasteiger charge is 2.29. The van der Waals surface area contributed by atoms with E-state index in [-0.39, 0.29) is 6.10 Å². The van der Waals surface area contributed by atoms with Crippen LogP contribution in [-0.2, 0) is 0 Å². The number of fused-ring (bicyclic) bond motifs is 1. The Morgan fingerprint density at radius 3 is 3.00 bits per heavy atom. The molecule has 1 heterocycles. The lowest BCUT2D eigenvalue weighted by molar-refractivity contribution is 0.0945. The molecule has 1 N–H and O–H groups in total. The molecule has 0 bridgehead atoms. The molecule has 20 heavy (non-hydrogen) atoms. The van der Waals surface area contributed by atoms with E-state index >= 15 is 0 Å². The van der Waals surface area contributed by atoms with Crippen LogP contribution in [0.4, 0.5) is 0 Å². The summed E-state index contributed by atoms with van der Waals surface area (Å²) >= 11 is 0. The van der Waals surface area contributed by atoms with Gasteiger partial charge in [0.05, 0.1) is 5.52 Å². The van der Waals surface area contributed by atoms with Crippen molar-refractivity contribution in [2.75, 3.05) is 7.05 Å². The Labute approximate surface area is 120 Å². The van der Waals surface area contributed by atoms with E-state index in [1.807, 2.05) is 25.4 Å². The molecule has 1 aromatic carbocycles. The molecular formula is C17H22N2O. The van der Waals surface area contributed by atoms with Crippen LogP contribution in [0, 0.1) is 5.92 Å². The number of benzene rings is 1. The van der Waals surface area contributed by atoms with Crippen LogP contribution < -0.4 is 10.1 Å². The average molecular weight is 270 g/mol. The Kier molecular flexibility index (Phi) is 3.88. The van der Waals surface area contributed by atoms with Crippen molar-refractivity contribution in [2.24, 2.45) is 5.92 Å². The summed E-state index contributed by atoms with van der Waals surface area (Å²) < 4.78 is 6.23. The summed E-state index contributed by atoms with van der Waals surface area (Å²) in [5.74, 6) is 1.67. The zero-order valence-electron chi connectivity index (χ0n) is 12.2. The fraction of sp³-hybridized carbons (Fsp3) is 0.471. The van der Waals surface area contributed by atoms with Gasteiger partial charge in [-0.3, -0.25) is 4.98 Å². The van der Waals surface area contributed by atoms with Crippen molar-refractivity contribution >= 4 is 10.9 Å². The lowest BCUT2D eigenvalue weighted by atomic mass is 9.85. The Balaban J connectivity index is 1.80. The normalized spacial score (nSPS) is 26.6. The van der Waals surface area contributed by atoms with Crippen molar-refractivity contribution in [2.45, 2.75) is 38.3 Å². The molecule has 1 fully saturated rings. The monoisotopic (exact) mass is 270 g/mol. The van der Waals surface area contributed by atoms with Crippen molar-refractivity contribution in [3.63, 3.8) is 0 Å². The van der Waals surface area contributed by atoms with Crippen LogP contribution in [0.5, 0.6) is 5.75 Å². The highest BCUT2D eigenvalue weighted by molar-refractivity contribution is 5.79. The summed E-state index contributed by atoms with van der Waals surface area (Å²) in [7, 11) is 2.03. The first-order chi connectivity index (χ1) is 9.76. The molecule has 0 saturated heterocycles. The van der Waals surface area contributed by atoms with Crippen molar-refractivity contribution < 1.29 is 4.74 Å². The predicted octanol–water partition coefficient (Wildman–Crippen LogP) is 3.39. The Hall–Kier alpha value is -1.61. The highest BCUT2D eigenvalue weighted by Crippen LogP contribution is 2.28. The van der Waals surface area contributed by atoms with Gasteiger partial charge >= 0.3 is 0 Å². The van der Waals surface area contributed by atoms with Gasteiger partial charge in [-0.2, -0.15) is 0 Å². The molecule has 1 saturated carbocycles. The van der Waals surface area contributed by atoms with E-state index in [1.165, 1.54) is 12.8 Å². The van der Waals surface area contributed by atoms with Crippen molar-refractivity contribution in [3.8, 4) is 5.75 Å². The molecule has 0 radical (unpaired) electrons. The van der Waals surface area contributed by atoms with E-state index in [4.69, 9.17) is 4.74 Å². The summed E-state index contributed by atoms with van der Waals surface area (Å²) in [5, 5.41) is 4.55. The summed E-state index contributed by atoms with van der Waals surface area (Å²) in [6.45, 7) is 2.31. The first-order valence-corrected chi connectivity index (χ1v) is 7.45. The molecule has 0 spiro atoms. The van der Waals surface area contributed by atoms with Gasteiger partial charge in [0.1, 0.15) is 11.9 Å². The van der Waals surface area contributed by atoms with E-state index in [1.54, 1.807) is 0 Å². The SMILES string of the molecule is CNC1CCC(C)CC1Oc1ccc2cccnc2c1. The topological polar surface area (TPSA) is 34.1 Å². The number of nitrogens with one attached hydrogen (secondary N) is 1. The molecule has 0 amide bonds. The summed E-state index contributed by atoms with van der Waals surface area (Å²) in [6.07, 6.45) is 5.67. The standard InChI is InChI=1S/C17H22N2O/c1-12-5-8-15(18-2)17(10-12)20-14-7-6-13-4-3-9-19-16(13)11-14/h3-4,6-7,9,11-12,15,17-18H,5,8,10H2,1-2H3. The number of pyridine rings is 1. The summed E-state index contributed by atoms with van der Waals surface area (Å²) in [6, 6.07) is 10.7. The van der Waals surface area contributed by atoms with Crippen LogP contribution in [-0.4, -0.2) is 24.2 Å². The summed E-state index contributed by atoms with van der Waals surface area (Å²) in [4.78, 5) is 4.39. The lowest BCUT2D eigenvalue weighted by Crippen LogP contribution is -2.45. The number of rotatable bonds is 3. The van der Waals surface area contributed by atoms with Gasteiger partial charge < -0.3 is 10.1 Å². The number of likely N-dealkylation sites (N-methyl/N-ethyl adjacent to an activating group) is 1. The number of aromatic nitrogens is 1. The number of hydrogen-bond acceptors (Lipinski definition) is 3. The Morgan fingerprint density at radius 2 is 2.15 bits per heavy atom. The van der Waals surface area contributed by atoms with Gasteiger partial charge in [0, 0.05) is 23.7 Å². The van der Waals surface area contributed by atoms with Gasteiger partial charge in [-0.05, 0) is 50.4 Å². The zero-order chi connectivity index (χ0) is 13.9. The maximum absolute atomic E-state index is 6.23. The third kappa shape index (κ3) is 2.78. The molecule has 1 aliphatic carbocycles. The van der Waals surface area contributed by atoms with Crippen LogP contribution in [0.3, 0.4) is 0 Å². The largest absolute Gasteiger partial charge is 0.489 e. The molecule has 3 atom stereocenters. The molecule has 1 aliphatic rings. The van der Waals surface area contributed by atoms with Crippen LogP contribution in [0.2, 0.25) is 0 Å². The van der Waals surface area contributed by atoms with Crippen molar-refractivity contribution in [3.05, 3.63) is 36.5 Å². The van der Waals surface area contributed by atoms with E-state index in [2.05, 4.69) is 35.4 Å². The van der Waals surface area contributed by atoms with Crippen LogP contribution in [0.15, 0.2) is 36.5 Å². The molecule has 106 valence electrons. The first kappa shape index (κ1) is 13.4. The van der Waals surface area contributed by atoms with E-state index in [0.29, 0.717) is 6.04 Å². The third-order valence-corrected chi connectivity index (χ3v) is 4.29. The second-order valence-corrected chi connectivity index (χ2v) is 5.83. The molecule has 3 rings (SSSR count). The fourth-order valence-electron chi connectivity index (χ4n) is 3.08. The number of nitrogens with zero attached hydrogens (tertiary/aromatic N) is 1. The van der Waals surface area contributed by atoms with Gasteiger partial charge in [-0.25, -0.2) is 0 Å². The summed E-state index contributed by atoms with van der Waals surface area (Å²) in [5.41, 5.74) is 0.995. The van der Waals surface area contributed by atoms with Gasteiger partial charge in [0.15, 0.2) is 0 Å². The third-order valence-electron chi connectivity index (χ3n) is 4.29. The maximum Gasteiger partial charge on any atom is 0.122 e. The van der Waals surface area contributed by atoms with Crippen LogP contribution in [0.25, 0.3) is 10.9 Å². The lowest BCUT2D eigenvalue weighted by Gasteiger charge is -2.34. The highest BCUT2D eigenvalue weighted by atomic mass is 16.5. The number of hydrogen-bond donors (Lipinski definition) is 1. The van der Waals surface area contributed by atoms with Crippen molar-refractivity contribution in [1.82, 2.24) is 10.3 Å². The molecule has 3 unspecified atom stereocenters. The smallest absolute Gasteiger partial charge is 0.122 e. The quantitative estimate of drug-likeness (QED) is 0.928. The van der Waals surface area contributed by atoms with Gasteiger partial charge in [-0.15, -0.1) is 0 Å². The Morgan fingerprint density at radius 1 is 1.25 bits per heavy atom. The van der Waals surface area contributed by atoms with Crippen LogP contribution in [0.1, 0.15) is 26.2 Å². The van der Waals surface area contributed by atoms with Gasteiger partial charge in [0.25, 0.3) is 0 Å². The number of ether oxygens (including phenoxy) is 1. The first-order valence-electron chi connectivity index (χ1n) is 7.45. The molecule has 2 aromatic rings.